The first kappa shape index (κ1) is 12.0. The maximum atomic E-state index is 11.4. The zero-order chi connectivity index (χ0) is 12.8. The second kappa shape index (κ2) is 4.22. The van der Waals surface area contributed by atoms with E-state index in [0.29, 0.717) is 12.5 Å². The summed E-state index contributed by atoms with van der Waals surface area (Å²) in [5.41, 5.74) is 0.914. The van der Waals surface area contributed by atoms with E-state index in [0.717, 1.165) is 30.7 Å². The average molecular weight is 268 g/mol. The number of fused-ring (bicyclic) bond motifs is 2. The number of nitrogens with two attached hydrogens (primary N) is 1. The van der Waals surface area contributed by atoms with Crippen molar-refractivity contribution in [1.29, 1.82) is 0 Å². The molecule has 0 spiro atoms. The third-order valence-electron chi connectivity index (χ3n) is 3.61. The van der Waals surface area contributed by atoms with Crippen molar-refractivity contribution >= 4 is 10.0 Å². The first-order valence-corrected chi connectivity index (χ1v) is 7.63. The highest BCUT2D eigenvalue weighted by molar-refractivity contribution is 7.93. The summed E-state index contributed by atoms with van der Waals surface area (Å²) < 4.78 is 28.5. The predicted octanol–water partition coefficient (Wildman–Crippen LogP) is 0.381. The second-order valence-corrected chi connectivity index (χ2v) is 6.41. The maximum Gasteiger partial charge on any atom is 0.238 e. The molecule has 3 N–H and O–H groups in total. The minimum atomic E-state index is -3.66. The normalized spacial score (nSPS) is 31.3. The fraction of sp³-hybridized carbons (Fsp3) is 0.500. The van der Waals surface area contributed by atoms with Crippen LogP contribution in [-0.2, 0) is 14.8 Å². The lowest BCUT2D eigenvalue weighted by atomic mass is 9.87. The fourth-order valence-corrected chi connectivity index (χ4v) is 3.27. The Morgan fingerprint density at radius 1 is 1.44 bits per heavy atom. The highest BCUT2D eigenvalue weighted by atomic mass is 32.2. The molecule has 2 unspecified atom stereocenters. The highest BCUT2D eigenvalue weighted by Crippen LogP contribution is 2.34. The lowest BCUT2D eigenvalue weighted by molar-refractivity contribution is 0.115. The van der Waals surface area contributed by atoms with E-state index in [2.05, 4.69) is 5.32 Å². The molecule has 2 aliphatic heterocycles. The number of ether oxygens (including phenoxy) is 1. The van der Waals surface area contributed by atoms with E-state index in [1.165, 1.54) is 0 Å². The topological polar surface area (TPSA) is 81.4 Å². The molecule has 0 aromatic heterocycles. The Bertz CT molecular complexity index is 560. The van der Waals surface area contributed by atoms with Crippen LogP contribution in [0.3, 0.4) is 0 Å². The Kier molecular flexibility index (Phi) is 2.80. The number of hydrogen-bond donors (Lipinski definition) is 2. The molecule has 5 nitrogen and oxygen atoms in total. The van der Waals surface area contributed by atoms with Gasteiger partial charge in [0.15, 0.2) is 0 Å². The van der Waals surface area contributed by atoms with E-state index in [-0.39, 0.29) is 10.9 Å². The SMILES string of the molecule is NS(=O)(=O)C1=CC2=C3OCCCC3CNC2C=C1. The summed E-state index contributed by atoms with van der Waals surface area (Å²) in [7, 11) is -3.66. The van der Waals surface area contributed by atoms with Crippen LogP contribution in [0.15, 0.2) is 34.5 Å². The predicted molar refractivity (Wildman–Crippen MR) is 67.8 cm³/mol. The van der Waals surface area contributed by atoms with Gasteiger partial charge in [-0.05, 0) is 25.0 Å². The molecule has 0 aromatic carbocycles. The van der Waals surface area contributed by atoms with Gasteiger partial charge in [0.1, 0.15) is 5.76 Å². The molecule has 98 valence electrons. The number of primary sulfonamides is 1. The van der Waals surface area contributed by atoms with Crippen LogP contribution in [0.5, 0.6) is 0 Å². The van der Waals surface area contributed by atoms with E-state index < -0.39 is 10.0 Å². The summed E-state index contributed by atoms with van der Waals surface area (Å²) in [4.78, 5) is 0.151. The van der Waals surface area contributed by atoms with Gasteiger partial charge in [-0.25, -0.2) is 13.6 Å². The second-order valence-electron chi connectivity index (χ2n) is 4.84. The van der Waals surface area contributed by atoms with E-state index in [9.17, 15) is 8.42 Å². The standard InChI is InChI=1S/C12H16N2O3S/c13-18(15,16)9-3-4-11-10(6-9)12-8(7-14-11)2-1-5-17-12/h3-4,6,8,11,14H,1-2,5,7H2,(H2,13,15,16). The van der Waals surface area contributed by atoms with Gasteiger partial charge < -0.3 is 10.1 Å². The third-order valence-corrected chi connectivity index (χ3v) is 4.52. The molecular weight excluding hydrogens is 252 g/mol. The van der Waals surface area contributed by atoms with E-state index in [1.54, 1.807) is 12.2 Å². The lowest BCUT2D eigenvalue weighted by Crippen LogP contribution is -2.42. The van der Waals surface area contributed by atoms with Gasteiger partial charge in [-0.3, -0.25) is 0 Å². The Balaban J connectivity index is 2.06. The maximum absolute atomic E-state index is 11.4. The number of rotatable bonds is 1. The number of allylic oxidation sites excluding steroid dienone is 1. The van der Waals surface area contributed by atoms with Gasteiger partial charge in [0, 0.05) is 18.0 Å². The van der Waals surface area contributed by atoms with Gasteiger partial charge >= 0.3 is 0 Å². The van der Waals surface area contributed by atoms with Crippen molar-refractivity contribution in [2.45, 2.75) is 18.9 Å². The summed E-state index contributed by atoms with van der Waals surface area (Å²) in [5, 5.41) is 8.56. The van der Waals surface area contributed by atoms with Crippen LogP contribution >= 0.6 is 0 Å². The minimum absolute atomic E-state index is 0.0415. The van der Waals surface area contributed by atoms with Gasteiger partial charge in [0.05, 0.1) is 17.6 Å². The van der Waals surface area contributed by atoms with Crippen molar-refractivity contribution in [2.24, 2.45) is 11.1 Å². The third kappa shape index (κ3) is 2.00. The van der Waals surface area contributed by atoms with Crippen LogP contribution in [0.2, 0.25) is 0 Å². The molecule has 18 heavy (non-hydrogen) atoms. The lowest BCUT2D eigenvalue weighted by Gasteiger charge is -2.36. The Morgan fingerprint density at radius 2 is 2.28 bits per heavy atom. The molecular formula is C12H16N2O3S. The smallest absolute Gasteiger partial charge is 0.238 e. The number of sulfonamides is 1. The minimum Gasteiger partial charge on any atom is -0.497 e. The van der Waals surface area contributed by atoms with Crippen LogP contribution < -0.4 is 10.5 Å². The molecule has 3 aliphatic rings. The van der Waals surface area contributed by atoms with Crippen LogP contribution in [0.25, 0.3) is 0 Å². The first-order valence-electron chi connectivity index (χ1n) is 6.08. The van der Waals surface area contributed by atoms with Gasteiger partial charge in [-0.2, -0.15) is 0 Å². The zero-order valence-electron chi connectivity index (χ0n) is 9.93. The summed E-state index contributed by atoms with van der Waals surface area (Å²) in [6, 6.07) is 0.0415. The van der Waals surface area contributed by atoms with Gasteiger partial charge in [0.25, 0.3) is 0 Å². The average Bonchev–Trinajstić information content (AvgIpc) is 2.37. The van der Waals surface area contributed by atoms with Crippen molar-refractivity contribution in [2.75, 3.05) is 13.2 Å². The molecule has 0 saturated carbocycles. The molecule has 6 heteroatoms. The fourth-order valence-electron chi connectivity index (χ4n) is 2.71. The van der Waals surface area contributed by atoms with Gasteiger partial charge in [-0.1, -0.05) is 6.08 Å². The van der Waals surface area contributed by atoms with E-state index >= 15 is 0 Å². The van der Waals surface area contributed by atoms with E-state index in [1.807, 2.05) is 6.08 Å². The molecule has 0 bridgehead atoms. The van der Waals surface area contributed by atoms with Crippen molar-refractivity contribution in [3.63, 3.8) is 0 Å². The van der Waals surface area contributed by atoms with Gasteiger partial charge in [0.2, 0.25) is 10.0 Å². The molecule has 0 radical (unpaired) electrons. The van der Waals surface area contributed by atoms with Crippen LogP contribution in [0.1, 0.15) is 12.8 Å². The highest BCUT2D eigenvalue weighted by Gasteiger charge is 2.33. The Hall–Kier alpha value is -1.11. The largest absolute Gasteiger partial charge is 0.497 e. The number of nitrogens with one attached hydrogen (secondary N) is 1. The van der Waals surface area contributed by atoms with Crippen molar-refractivity contribution in [3.8, 4) is 0 Å². The molecule has 0 amide bonds. The Morgan fingerprint density at radius 3 is 3.06 bits per heavy atom. The molecule has 1 fully saturated rings. The quantitative estimate of drug-likeness (QED) is 0.720. The molecule has 2 heterocycles. The molecule has 1 aliphatic carbocycles. The van der Waals surface area contributed by atoms with Crippen molar-refractivity contribution < 1.29 is 13.2 Å². The van der Waals surface area contributed by atoms with Crippen LogP contribution in [-0.4, -0.2) is 27.6 Å². The summed E-state index contributed by atoms with van der Waals surface area (Å²) in [6.45, 7) is 1.59. The zero-order valence-corrected chi connectivity index (χ0v) is 10.7. The number of hydrogen-bond acceptors (Lipinski definition) is 4. The van der Waals surface area contributed by atoms with Crippen LogP contribution in [0.4, 0.5) is 0 Å². The van der Waals surface area contributed by atoms with Crippen molar-refractivity contribution in [3.05, 3.63) is 34.5 Å². The first-order chi connectivity index (χ1) is 8.55. The summed E-state index contributed by atoms with van der Waals surface area (Å²) >= 11 is 0. The molecule has 3 rings (SSSR count). The Labute approximate surface area is 106 Å². The monoisotopic (exact) mass is 268 g/mol. The molecule has 2 atom stereocenters. The summed E-state index contributed by atoms with van der Waals surface area (Å²) in [6.07, 6.45) is 7.16. The summed E-state index contributed by atoms with van der Waals surface area (Å²) in [5.74, 6) is 1.30. The van der Waals surface area contributed by atoms with Crippen molar-refractivity contribution in [1.82, 2.24) is 5.32 Å². The van der Waals surface area contributed by atoms with Crippen LogP contribution in [0, 0.1) is 5.92 Å². The van der Waals surface area contributed by atoms with E-state index in [4.69, 9.17) is 9.88 Å². The molecule has 0 aromatic rings. The molecule has 1 saturated heterocycles. The van der Waals surface area contributed by atoms with Gasteiger partial charge in [-0.15, -0.1) is 0 Å².